The van der Waals surface area contributed by atoms with Crippen LogP contribution in [-0.4, -0.2) is 46.6 Å². The van der Waals surface area contributed by atoms with Crippen LogP contribution in [0.5, 0.6) is 0 Å². The Kier molecular flexibility index (Phi) is 4.49. The fourth-order valence-electron chi connectivity index (χ4n) is 2.15. The lowest BCUT2D eigenvalue weighted by Gasteiger charge is -2.38. The van der Waals surface area contributed by atoms with E-state index in [1.54, 1.807) is 26.2 Å². The van der Waals surface area contributed by atoms with Crippen molar-refractivity contribution in [3.05, 3.63) is 29.8 Å². The largest absolute Gasteiger partial charge is 0.380 e. The van der Waals surface area contributed by atoms with Crippen LogP contribution in [0, 0.1) is 5.41 Å². The molecule has 1 fully saturated rings. The third-order valence-corrected chi connectivity index (χ3v) is 5.42. The monoisotopic (exact) mass is 298 g/mol. The van der Waals surface area contributed by atoms with E-state index in [4.69, 9.17) is 4.74 Å². The first-order valence-electron chi connectivity index (χ1n) is 6.64. The summed E-state index contributed by atoms with van der Waals surface area (Å²) >= 11 is 0. The van der Waals surface area contributed by atoms with E-state index in [2.05, 4.69) is 12.2 Å². The topological polar surface area (TPSA) is 58.6 Å². The maximum absolute atomic E-state index is 12.3. The second kappa shape index (κ2) is 5.81. The molecule has 1 aliphatic rings. The van der Waals surface area contributed by atoms with E-state index in [0.29, 0.717) is 11.4 Å². The minimum absolute atomic E-state index is 0.176. The predicted octanol–water partition coefficient (Wildman–Crippen LogP) is 1.06. The van der Waals surface area contributed by atoms with E-state index < -0.39 is 10.0 Å². The quantitative estimate of drug-likeness (QED) is 0.853. The third kappa shape index (κ3) is 3.20. The highest BCUT2D eigenvalue weighted by Crippen LogP contribution is 2.25. The van der Waals surface area contributed by atoms with Crippen LogP contribution in [0.25, 0.3) is 0 Å². The molecule has 0 atom stereocenters. The van der Waals surface area contributed by atoms with Gasteiger partial charge in [-0.15, -0.1) is 0 Å². The number of sulfonamides is 1. The lowest BCUT2D eigenvalue weighted by atomic mass is 9.89. The van der Waals surface area contributed by atoms with E-state index in [-0.39, 0.29) is 5.41 Å². The fourth-order valence-corrected chi connectivity index (χ4v) is 3.27. The van der Waals surface area contributed by atoms with Crippen molar-refractivity contribution < 1.29 is 13.2 Å². The summed E-state index contributed by atoms with van der Waals surface area (Å²) in [7, 11) is -0.301. The summed E-state index contributed by atoms with van der Waals surface area (Å²) in [6.45, 7) is 5.05. The van der Waals surface area contributed by atoms with Crippen molar-refractivity contribution in [3.63, 3.8) is 0 Å². The number of ether oxygens (including phenoxy) is 1. The molecule has 1 aliphatic heterocycles. The van der Waals surface area contributed by atoms with Gasteiger partial charge in [0.1, 0.15) is 0 Å². The Hall–Kier alpha value is -0.950. The van der Waals surface area contributed by atoms with Gasteiger partial charge in [0.2, 0.25) is 10.0 Å². The average Bonchev–Trinajstić information content (AvgIpc) is 2.37. The number of nitrogens with one attached hydrogen (secondary N) is 1. The molecule has 6 heteroatoms. The second-order valence-corrected chi connectivity index (χ2v) is 7.92. The van der Waals surface area contributed by atoms with Gasteiger partial charge in [-0.05, 0) is 11.6 Å². The molecule has 0 bridgehead atoms. The van der Waals surface area contributed by atoms with Gasteiger partial charge in [0, 0.05) is 32.6 Å². The summed E-state index contributed by atoms with van der Waals surface area (Å²) in [4.78, 5) is 0.368. The highest BCUT2D eigenvalue weighted by atomic mass is 32.2. The van der Waals surface area contributed by atoms with Crippen LogP contribution in [0.2, 0.25) is 0 Å². The molecule has 112 valence electrons. The number of rotatable bonds is 6. The van der Waals surface area contributed by atoms with Gasteiger partial charge < -0.3 is 10.1 Å². The van der Waals surface area contributed by atoms with Crippen LogP contribution < -0.4 is 5.32 Å². The number of benzene rings is 1. The van der Waals surface area contributed by atoms with Gasteiger partial charge in [0.05, 0.1) is 18.1 Å². The Balaban J connectivity index is 2.08. The highest BCUT2D eigenvalue weighted by Gasteiger charge is 2.32. The molecule has 1 N–H and O–H groups in total. The zero-order chi connectivity index (χ0) is 14.8. The second-order valence-electron chi connectivity index (χ2n) is 5.80. The van der Waals surface area contributed by atoms with Crippen LogP contribution in [0.4, 0.5) is 0 Å². The molecular weight excluding hydrogens is 276 g/mol. The summed E-state index contributed by atoms with van der Waals surface area (Å²) in [5.74, 6) is 0. The molecule has 0 amide bonds. The van der Waals surface area contributed by atoms with E-state index >= 15 is 0 Å². The van der Waals surface area contributed by atoms with Gasteiger partial charge in [-0.2, -0.15) is 0 Å². The zero-order valence-electron chi connectivity index (χ0n) is 12.2. The minimum atomic E-state index is -3.40. The molecule has 0 saturated carbocycles. The van der Waals surface area contributed by atoms with Crippen molar-refractivity contribution in [3.8, 4) is 0 Å². The van der Waals surface area contributed by atoms with E-state index in [1.165, 1.54) is 4.31 Å². The minimum Gasteiger partial charge on any atom is -0.380 e. The van der Waals surface area contributed by atoms with Crippen LogP contribution in [0.3, 0.4) is 0 Å². The Morgan fingerprint density at radius 2 is 1.95 bits per heavy atom. The summed E-state index contributed by atoms with van der Waals surface area (Å²) < 4.78 is 31.0. The Bertz CT molecular complexity index is 566. The van der Waals surface area contributed by atoms with Crippen molar-refractivity contribution in [2.45, 2.75) is 18.4 Å². The smallest absolute Gasteiger partial charge is 0.242 e. The van der Waals surface area contributed by atoms with Crippen molar-refractivity contribution in [2.24, 2.45) is 5.41 Å². The summed E-state index contributed by atoms with van der Waals surface area (Å²) in [5.41, 5.74) is 0.972. The number of hydrogen-bond acceptors (Lipinski definition) is 4. The molecule has 1 aromatic carbocycles. The van der Waals surface area contributed by atoms with E-state index in [9.17, 15) is 8.42 Å². The fraction of sp³-hybridized carbons (Fsp3) is 0.571. The van der Waals surface area contributed by atoms with E-state index in [0.717, 1.165) is 25.3 Å². The molecule has 0 radical (unpaired) electrons. The normalized spacial score (nSPS) is 18.0. The SMILES string of the molecule is CN(C)S(=O)(=O)c1ccccc1CNCC1(C)COC1. The third-order valence-electron chi connectivity index (χ3n) is 3.50. The number of hydrogen-bond donors (Lipinski definition) is 1. The van der Waals surface area contributed by atoms with Gasteiger partial charge in [0.15, 0.2) is 0 Å². The first-order chi connectivity index (χ1) is 9.35. The highest BCUT2D eigenvalue weighted by molar-refractivity contribution is 7.89. The molecule has 1 heterocycles. The van der Waals surface area contributed by atoms with Crippen molar-refractivity contribution >= 4 is 10.0 Å². The van der Waals surface area contributed by atoms with Crippen molar-refractivity contribution in [1.82, 2.24) is 9.62 Å². The maximum Gasteiger partial charge on any atom is 0.242 e. The Morgan fingerprint density at radius 1 is 1.30 bits per heavy atom. The van der Waals surface area contributed by atoms with E-state index in [1.807, 2.05) is 12.1 Å². The molecule has 0 aliphatic carbocycles. The van der Waals surface area contributed by atoms with Gasteiger partial charge in [-0.1, -0.05) is 25.1 Å². The van der Waals surface area contributed by atoms with Crippen LogP contribution in [-0.2, 0) is 21.3 Å². The maximum atomic E-state index is 12.3. The van der Waals surface area contributed by atoms with Gasteiger partial charge in [-0.3, -0.25) is 0 Å². The Morgan fingerprint density at radius 3 is 2.50 bits per heavy atom. The van der Waals surface area contributed by atoms with Crippen LogP contribution >= 0.6 is 0 Å². The Labute approximate surface area is 121 Å². The molecule has 1 saturated heterocycles. The average molecular weight is 298 g/mol. The van der Waals surface area contributed by atoms with Crippen LogP contribution in [0.1, 0.15) is 12.5 Å². The molecule has 1 aromatic rings. The van der Waals surface area contributed by atoms with Gasteiger partial charge >= 0.3 is 0 Å². The van der Waals surface area contributed by atoms with Crippen LogP contribution in [0.15, 0.2) is 29.2 Å². The first kappa shape index (κ1) is 15.4. The van der Waals surface area contributed by atoms with Crippen molar-refractivity contribution in [2.75, 3.05) is 33.9 Å². The summed E-state index contributed by atoms with van der Waals surface area (Å²) in [6.07, 6.45) is 0. The molecule has 2 rings (SSSR count). The summed E-state index contributed by atoms with van der Waals surface area (Å²) in [5, 5.41) is 3.33. The lowest BCUT2D eigenvalue weighted by molar-refractivity contribution is -0.0991. The van der Waals surface area contributed by atoms with Gasteiger partial charge in [0.25, 0.3) is 0 Å². The predicted molar refractivity (Wildman–Crippen MR) is 77.9 cm³/mol. The lowest BCUT2D eigenvalue weighted by Crippen LogP contribution is -2.47. The van der Waals surface area contributed by atoms with Crippen molar-refractivity contribution in [1.29, 1.82) is 0 Å². The summed E-state index contributed by atoms with van der Waals surface area (Å²) in [6, 6.07) is 7.12. The van der Waals surface area contributed by atoms with Gasteiger partial charge in [-0.25, -0.2) is 12.7 Å². The molecule has 5 nitrogen and oxygen atoms in total. The zero-order valence-corrected chi connectivity index (χ0v) is 13.0. The molecule has 0 spiro atoms. The number of nitrogens with zero attached hydrogens (tertiary/aromatic N) is 1. The molecular formula is C14H22N2O3S. The molecule has 0 aromatic heterocycles. The first-order valence-corrected chi connectivity index (χ1v) is 8.08. The molecule has 20 heavy (non-hydrogen) atoms. The molecule has 0 unspecified atom stereocenters. The standard InChI is InChI=1S/C14H22N2O3S/c1-14(10-19-11-14)9-15-8-12-6-4-5-7-13(12)20(17,18)16(2)3/h4-7,15H,8-11H2,1-3H3.